The molecular formula is C33H41NO12. The van der Waals surface area contributed by atoms with Gasteiger partial charge in [-0.1, -0.05) is 60.7 Å². The number of fused-ring (bicyclic) bond motifs is 1. The first-order valence-corrected chi connectivity index (χ1v) is 15.2. The third-order valence-electron chi connectivity index (χ3n) is 7.92. The van der Waals surface area contributed by atoms with Gasteiger partial charge >= 0.3 is 11.9 Å². The van der Waals surface area contributed by atoms with Crippen molar-refractivity contribution in [1.29, 1.82) is 0 Å². The molecule has 0 bridgehead atoms. The average molecular weight is 644 g/mol. The smallest absolute Gasteiger partial charge is 0.303 e. The minimum Gasteiger partial charge on any atom is -0.456 e. The van der Waals surface area contributed by atoms with E-state index in [2.05, 4.69) is 5.32 Å². The second kappa shape index (κ2) is 15.4. The molecule has 3 saturated heterocycles. The first kappa shape index (κ1) is 33.9. The van der Waals surface area contributed by atoms with Crippen LogP contribution in [0, 0.1) is 0 Å². The summed E-state index contributed by atoms with van der Waals surface area (Å²) >= 11 is 0. The molecule has 2 aromatic carbocycles. The second-order valence-corrected chi connectivity index (χ2v) is 11.4. The van der Waals surface area contributed by atoms with E-state index in [1.807, 2.05) is 60.7 Å². The maximum atomic E-state index is 12.4. The zero-order valence-electron chi connectivity index (χ0n) is 26.4. The van der Waals surface area contributed by atoms with Gasteiger partial charge in [-0.3, -0.25) is 14.4 Å². The first-order valence-electron chi connectivity index (χ1n) is 15.2. The number of nitrogens with one attached hydrogen (secondary N) is 1. The van der Waals surface area contributed by atoms with E-state index < -0.39 is 79.6 Å². The standard InChI is InChI=1S/C33H41NO12/c1-18-26(42-20(3)36)29(43-21(4)37)30(39-16-22-12-8-6-9-13-22)33(41-18)46-28-25(34-19(2)35)32(38-5)44-24-17-40-31(45-27(24)28)23-14-10-7-11-15-23/h6-15,18,24-33H,16-17H2,1-5H3,(H,34,35)/t18-,24+,25+,26+,27+,28+,29+,30-,31?,32-,33-/m0/s1. The summed E-state index contributed by atoms with van der Waals surface area (Å²) in [5, 5.41) is 2.89. The van der Waals surface area contributed by atoms with Crippen molar-refractivity contribution in [3.63, 3.8) is 0 Å². The molecule has 250 valence electrons. The van der Waals surface area contributed by atoms with Crippen molar-refractivity contribution in [2.75, 3.05) is 13.7 Å². The summed E-state index contributed by atoms with van der Waals surface area (Å²) in [4.78, 5) is 36.9. The Morgan fingerprint density at radius 2 is 1.46 bits per heavy atom. The van der Waals surface area contributed by atoms with Crippen LogP contribution in [0.2, 0.25) is 0 Å². The second-order valence-electron chi connectivity index (χ2n) is 11.4. The summed E-state index contributed by atoms with van der Waals surface area (Å²) in [7, 11) is 1.46. The molecule has 5 rings (SSSR count). The number of methoxy groups -OCH3 is 1. The van der Waals surface area contributed by atoms with Crippen molar-refractivity contribution in [2.24, 2.45) is 0 Å². The molecule has 13 heteroatoms. The van der Waals surface area contributed by atoms with Crippen LogP contribution in [0.4, 0.5) is 0 Å². The van der Waals surface area contributed by atoms with Crippen LogP contribution in [0.3, 0.4) is 0 Å². The summed E-state index contributed by atoms with van der Waals surface area (Å²) in [6.45, 7) is 5.82. The van der Waals surface area contributed by atoms with Gasteiger partial charge in [-0.2, -0.15) is 0 Å². The molecule has 46 heavy (non-hydrogen) atoms. The van der Waals surface area contributed by atoms with E-state index in [1.165, 1.54) is 27.9 Å². The average Bonchev–Trinajstić information content (AvgIpc) is 3.03. The van der Waals surface area contributed by atoms with Crippen LogP contribution < -0.4 is 5.32 Å². The van der Waals surface area contributed by atoms with Gasteiger partial charge in [-0.25, -0.2) is 0 Å². The number of esters is 2. The number of carbonyl (C=O) groups is 3. The van der Waals surface area contributed by atoms with Crippen LogP contribution in [-0.4, -0.2) is 92.9 Å². The molecule has 3 fully saturated rings. The molecule has 0 saturated carbocycles. The van der Waals surface area contributed by atoms with Crippen molar-refractivity contribution in [1.82, 2.24) is 5.32 Å². The minimum atomic E-state index is -1.19. The highest BCUT2D eigenvalue weighted by Crippen LogP contribution is 2.38. The quantitative estimate of drug-likeness (QED) is 0.380. The number of hydrogen-bond donors (Lipinski definition) is 1. The summed E-state index contributed by atoms with van der Waals surface area (Å²) in [5.74, 6) is -1.54. The summed E-state index contributed by atoms with van der Waals surface area (Å²) in [6, 6.07) is 17.9. The molecule has 0 aliphatic carbocycles. The zero-order chi connectivity index (χ0) is 32.8. The monoisotopic (exact) mass is 643 g/mol. The number of rotatable bonds is 10. The van der Waals surface area contributed by atoms with Crippen molar-refractivity contribution in [3.05, 3.63) is 71.8 Å². The number of ether oxygens (including phenoxy) is 9. The topological polar surface area (TPSA) is 146 Å². The van der Waals surface area contributed by atoms with E-state index in [9.17, 15) is 14.4 Å². The van der Waals surface area contributed by atoms with Crippen molar-refractivity contribution in [3.8, 4) is 0 Å². The molecule has 11 atom stereocenters. The van der Waals surface area contributed by atoms with Gasteiger partial charge in [-0.05, 0) is 12.5 Å². The number of hydrogen-bond acceptors (Lipinski definition) is 12. The molecule has 0 radical (unpaired) electrons. The summed E-state index contributed by atoms with van der Waals surface area (Å²) < 4.78 is 55.0. The molecule has 0 spiro atoms. The summed E-state index contributed by atoms with van der Waals surface area (Å²) in [6.07, 6.45) is -9.14. The van der Waals surface area contributed by atoms with Crippen molar-refractivity contribution >= 4 is 17.8 Å². The maximum Gasteiger partial charge on any atom is 0.303 e. The lowest BCUT2D eigenvalue weighted by Crippen LogP contribution is -2.69. The fourth-order valence-electron chi connectivity index (χ4n) is 5.96. The Kier molecular flexibility index (Phi) is 11.4. The van der Waals surface area contributed by atoms with Gasteiger partial charge in [0, 0.05) is 33.4 Å². The van der Waals surface area contributed by atoms with Gasteiger partial charge in [0.05, 0.1) is 19.3 Å². The third kappa shape index (κ3) is 8.10. The molecule has 1 N–H and O–H groups in total. The highest BCUT2D eigenvalue weighted by molar-refractivity contribution is 5.73. The van der Waals surface area contributed by atoms with E-state index >= 15 is 0 Å². The highest BCUT2D eigenvalue weighted by Gasteiger charge is 2.56. The molecule has 3 heterocycles. The first-order chi connectivity index (χ1) is 22.1. The van der Waals surface area contributed by atoms with Crippen molar-refractivity contribution < 1.29 is 57.0 Å². The Morgan fingerprint density at radius 1 is 0.804 bits per heavy atom. The largest absolute Gasteiger partial charge is 0.456 e. The van der Waals surface area contributed by atoms with E-state index in [4.69, 9.17) is 42.6 Å². The normalized spacial score (nSPS) is 34.2. The van der Waals surface area contributed by atoms with E-state index in [-0.39, 0.29) is 19.1 Å². The van der Waals surface area contributed by atoms with Gasteiger partial charge in [0.1, 0.15) is 30.5 Å². The molecule has 13 nitrogen and oxygen atoms in total. The Hall–Kier alpha value is -3.43. The van der Waals surface area contributed by atoms with Gasteiger partial charge < -0.3 is 47.9 Å². The lowest BCUT2D eigenvalue weighted by Gasteiger charge is -2.51. The van der Waals surface area contributed by atoms with Crippen LogP contribution >= 0.6 is 0 Å². The third-order valence-corrected chi connectivity index (χ3v) is 7.92. The fourth-order valence-corrected chi connectivity index (χ4v) is 5.96. The fraction of sp³-hybridized carbons (Fsp3) is 0.545. The Morgan fingerprint density at radius 3 is 2.09 bits per heavy atom. The van der Waals surface area contributed by atoms with Crippen molar-refractivity contribution in [2.45, 2.75) is 102 Å². The lowest BCUT2D eigenvalue weighted by atomic mass is 9.94. The van der Waals surface area contributed by atoms with Gasteiger partial charge in [0.25, 0.3) is 0 Å². The molecule has 1 amide bonds. The van der Waals surface area contributed by atoms with E-state index in [0.717, 1.165) is 11.1 Å². The zero-order valence-corrected chi connectivity index (χ0v) is 26.4. The Bertz CT molecular complexity index is 1310. The number of benzene rings is 2. The van der Waals surface area contributed by atoms with Crippen LogP contribution in [0.25, 0.3) is 0 Å². The van der Waals surface area contributed by atoms with E-state index in [0.29, 0.717) is 0 Å². The number of carbonyl (C=O) groups excluding carboxylic acids is 3. The van der Waals surface area contributed by atoms with Crippen LogP contribution in [0.1, 0.15) is 45.1 Å². The van der Waals surface area contributed by atoms with Gasteiger partial charge in [0.15, 0.2) is 31.1 Å². The molecule has 3 aliphatic heterocycles. The predicted octanol–water partition coefficient (Wildman–Crippen LogP) is 2.56. The SMILES string of the molecule is CO[C@H]1O[C@@H]2COC(c3ccccc3)O[C@H]2[C@H](O[C@@H]2O[C@@H](C)[C@@H](OC(C)=O)[C@@H](OC(C)=O)[C@@H]2OCc2ccccc2)[C@H]1NC(C)=O. The Labute approximate surface area is 267 Å². The summed E-state index contributed by atoms with van der Waals surface area (Å²) in [5.41, 5.74) is 1.63. The number of amides is 1. The lowest BCUT2D eigenvalue weighted by molar-refractivity contribution is -0.377. The van der Waals surface area contributed by atoms with Gasteiger partial charge in [-0.15, -0.1) is 0 Å². The molecule has 1 unspecified atom stereocenters. The molecule has 2 aromatic rings. The maximum absolute atomic E-state index is 12.4. The molecule has 0 aromatic heterocycles. The Balaban J connectivity index is 1.50. The molecular weight excluding hydrogens is 602 g/mol. The predicted molar refractivity (Wildman–Crippen MR) is 159 cm³/mol. The van der Waals surface area contributed by atoms with Crippen LogP contribution in [0.15, 0.2) is 60.7 Å². The van der Waals surface area contributed by atoms with Gasteiger partial charge in [0.2, 0.25) is 5.91 Å². The van der Waals surface area contributed by atoms with E-state index in [1.54, 1.807) is 6.92 Å². The minimum absolute atomic E-state index is 0.101. The highest BCUT2D eigenvalue weighted by atomic mass is 16.8. The molecule has 3 aliphatic rings. The van der Waals surface area contributed by atoms with Crippen LogP contribution in [0.5, 0.6) is 0 Å². The van der Waals surface area contributed by atoms with Crippen LogP contribution in [-0.2, 0) is 63.6 Å².